The average molecular weight is 532 g/mol. The summed E-state index contributed by atoms with van der Waals surface area (Å²) in [5, 5.41) is 0. The standard InChI is InChI=1S/C28H54NO6P/c1-2-3-4-5-6-9-13-16-19-22-28(31)35-26(25-34-36-32)24-33-27(30)21-18-15-12-10-7-8-11-14-17-20-23-29/h26H,2-25,29H2,1H3/t26-/m1/s1. The molecule has 212 valence electrons. The van der Waals surface area contributed by atoms with Gasteiger partial charge in [0.1, 0.15) is 13.2 Å². The molecule has 8 heteroatoms. The summed E-state index contributed by atoms with van der Waals surface area (Å²) in [6.07, 6.45) is 22.2. The molecule has 0 fully saturated rings. The maximum absolute atomic E-state index is 12.1. The van der Waals surface area contributed by atoms with Crippen molar-refractivity contribution in [2.24, 2.45) is 5.73 Å². The molecule has 0 heterocycles. The minimum atomic E-state index is -0.730. The van der Waals surface area contributed by atoms with Crippen LogP contribution in [0.5, 0.6) is 0 Å². The van der Waals surface area contributed by atoms with E-state index in [0.29, 0.717) is 12.8 Å². The predicted molar refractivity (Wildman–Crippen MR) is 146 cm³/mol. The normalized spacial score (nSPS) is 12.1. The summed E-state index contributed by atoms with van der Waals surface area (Å²) in [4.78, 5) is 24.2. The first-order valence-corrected chi connectivity index (χ1v) is 15.4. The highest BCUT2D eigenvalue weighted by atomic mass is 31.1. The summed E-state index contributed by atoms with van der Waals surface area (Å²) in [6.45, 7) is 2.88. The molecule has 0 aromatic carbocycles. The Bertz CT molecular complexity index is 520. The molecule has 0 aromatic heterocycles. The molecule has 0 aliphatic rings. The van der Waals surface area contributed by atoms with Crippen LogP contribution < -0.4 is 5.73 Å². The Hall–Kier alpha value is -1.04. The molecule has 0 aliphatic heterocycles. The van der Waals surface area contributed by atoms with Crippen LogP contribution in [0.25, 0.3) is 0 Å². The highest BCUT2D eigenvalue weighted by molar-refractivity contribution is 7.17. The van der Waals surface area contributed by atoms with Gasteiger partial charge in [0.15, 0.2) is 6.10 Å². The van der Waals surface area contributed by atoms with Gasteiger partial charge in [-0.1, -0.05) is 110 Å². The lowest BCUT2D eigenvalue weighted by Gasteiger charge is -2.16. The van der Waals surface area contributed by atoms with Gasteiger partial charge in [0.25, 0.3) is 0 Å². The van der Waals surface area contributed by atoms with Crippen LogP contribution in [0.3, 0.4) is 0 Å². The Kier molecular flexibility index (Phi) is 27.7. The van der Waals surface area contributed by atoms with Gasteiger partial charge in [0.05, 0.1) is 0 Å². The van der Waals surface area contributed by atoms with Crippen LogP contribution in [0.15, 0.2) is 0 Å². The summed E-state index contributed by atoms with van der Waals surface area (Å²) < 4.78 is 26.2. The predicted octanol–water partition coefficient (Wildman–Crippen LogP) is 7.84. The Morgan fingerprint density at radius 2 is 1.08 bits per heavy atom. The Labute approximate surface area is 222 Å². The van der Waals surface area contributed by atoms with E-state index in [1.54, 1.807) is 0 Å². The summed E-state index contributed by atoms with van der Waals surface area (Å²) in [7, 11) is -0.487. The highest BCUT2D eigenvalue weighted by Crippen LogP contribution is 2.13. The SMILES string of the molecule is CCCCCCCCCCCC(=O)O[C@@H](COP=O)COC(=O)CCCCCCCCCCCCN. The Morgan fingerprint density at radius 3 is 1.56 bits per heavy atom. The van der Waals surface area contributed by atoms with Crippen molar-refractivity contribution < 1.29 is 28.2 Å². The average Bonchev–Trinajstić information content (AvgIpc) is 2.87. The number of hydrogen-bond donors (Lipinski definition) is 1. The number of unbranched alkanes of at least 4 members (excludes halogenated alkanes) is 17. The number of esters is 2. The van der Waals surface area contributed by atoms with E-state index in [4.69, 9.17) is 19.7 Å². The topological polar surface area (TPSA) is 105 Å². The monoisotopic (exact) mass is 531 g/mol. The number of nitrogens with two attached hydrogens (primary N) is 1. The van der Waals surface area contributed by atoms with Crippen LogP contribution in [0.1, 0.15) is 142 Å². The molecule has 0 amide bonds. The molecule has 0 spiro atoms. The van der Waals surface area contributed by atoms with Crippen molar-refractivity contribution in [3.8, 4) is 0 Å². The third kappa shape index (κ3) is 26.0. The van der Waals surface area contributed by atoms with Crippen molar-refractivity contribution in [3.05, 3.63) is 0 Å². The van der Waals surface area contributed by atoms with Crippen LogP contribution in [0.4, 0.5) is 0 Å². The van der Waals surface area contributed by atoms with Gasteiger partial charge < -0.3 is 15.2 Å². The minimum Gasteiger partial charge on any atom is -0.462 e. The molecule has 0 rings (SSSR count). The lowest BCUT2D eigenvalue weighted by atomic mass is 10.1. The second-order valence-electron chi connectivity index (χ2n) is 9.82. The van der Waals surface area contributed by atoms with E-state index in [1.807, 2.05) is 0 Å². The van der Waals surface area contributed by atoms with Crippen LogP contribution in [-0.4, -0.2) is 37.8 Å². The molecular formula is C28H54NO6P. The van der Waals surface area contributed by atoms with Gasteiger partial charge in [-0.15, -0.1) is 0 Å². The maximum atomic E-state index is 12.1. The second kappa shape index (κ2) is 28.5. The van der Waals surface area contributed by atoms with Gasteiger partial charge in [0.2, 0.25) is 0 Å². The van der Waals surface area contributed by atoms with E-state index in [9.17, 15) is 14.2 Å². The number of rotatable bonds is 28. The molecule has 0 saturated heterocycles. The molecule has 2 N–H and O–H groups in total. The molecule has 36 heavy (non-hydrogen) atoms. The van der Waals surface area contributed by atoms with Gasteiger partial charge >= 0.3 is 20.6 Å². The van der Waals surface area contributed by atoms with Gasteiger partial charge in [-0.05, 0) is 25.8 Å². The van der Waals surface area contributed by atoms with Crippen LogP contribution >= 0.6 is 8.69 Å². The second-order valence-corrected chi connectivity index (χ2v) is 10.2. The Morgan fingerprint density at radius 1 is 0.639 bits per heavy atom. The van der Waals surface area contributed by atoms with Crippen molar-refractivity contribution in [1.29, 1.82) is 0 Å². The maximum Gasteiger partial charge on any atom is 0.327 e. The van der Waals surface area contributed by atoms with E-state index in [0.717, 1.165) is 51.5 Å². The minimum absolute atomic E-state index is 0.0615. The number of carbonyl (C=O) groups excluding carboxylic acids is 2. The zero-order valence-electron chi connectivity index (χ0n) is 23.0. The number of carbonyl (C=O) groups is 2. The first-order chi connectivity index (χ1) is 17.6. The van der Waals surface area contributed by atoms with Gasteiger partial charge in [-0.25, -0.2) is 4.57 Å². The first-order valence-electron chi connectivity index (χ1n) is 14.6. The van der Waals surface area contributed by atoms with Gasteiger partial charge in [-0.3, -0.25) is 14.1 Å². The van der Waals surface area contributed by atoms with E-state index in [2.05, 4.69) is 6.92 Å². The summed E-state index contributed by atoms with van der Waals surface area (Å²) in [6, 6.07) is 0. The van der Waals surface area contributed by atoms with Crippen molar-refractivity contribution in [1.82, 2.24) is 0 Å². The number of ether oxygens (including phenoxy) is 2. The fraction of sp³-hybridized carbons (Fsp3) is 0.929. The van der Waals surface area contributed by atoms with Crippen LogP contribution in [0, 0.1) is 0 Å². The van der Waals surface area contributed by atoms with Crippen molar-refractivity contribution in [2.75, 3.05) is 19.8 Å². The van der Waals surface area contributed by atoms with Crippen molar-refractivity contribution in [3.63, 3.8) is 0 Å². The lowest BCUT2D eigenvalue weighted by Crippen LogP contribution is -2.28. The molecule has 1 atom stereocenters. The third-order valence-corrected chi connectivity index (χ3v) is 6.62. The van der Waals surface area contributed by atoms with Gasteiger partial charge in [-0.2, -0.15) is 0 Å². The van der Waals surface area contributed by atoms with E-state index < -0.39 is 14.8 Å². The Balaban J connectivity index is 3.81. The number of hydrogen-bond acceptors (Lipinski definition) is 7. The molecule has 7 nitrogen and oxygen atoms in total. The zero-order valence-corrected chi connectivity index (χ0v) is 23.9. The molecule has 0 aliphatic carbocycles. The van der Waals surface area contributed by atoms with Crippen molar-refractivity contribution >= 4 is 20.6 Å². The summed E-state index contributed by atoms with van der Waals surface area (Å²) >= 11 is 0. The summed E-state index contributed by atoms with van der Waals surface area (Å²) in [5.41, 5.74) is 5.50. The van der Waals surface area contributed by atoms with E-state index in [-0.39, 0.29) is 25.2 Å². The van der Waals surface area contributed by atoms with Crippen molar-refractivity contribution in [2.45, 2.75) is 148 Å². The lowest BCUT2D eigenvalue weighted by molar-refractivity contribution is -0.160. The summed E-state index contributed by atoms with van der Waals surface area (Å²) in [5.74, 6) is -0.626. The fourth-order valence-corrected chi connectivity index (χ4v) is 4.37. The molecule has 0 radical (unpaired) electrons. The smallest absolute Gasteiger partial charge is 0.327 e. The zero-order chi connectivity index (χ0) is 26.5. The van der Waals surface area contributed by atoms with E-state index in [1.165, 1.54) is 77.0 Å². The molecule has 0 unspecified atom stereocenters. The van der Waals surface area contributed by atoms with E-state index >= 15 is 0 Å². The third-order valence-electron chi connectivity index (χ3n) is 6.36. The molecular weight excluding hydrogens is 477 g/mol. The molecule has 0 saturated carbocycles. The fourth-order valence-electron chi connectivity index (χ4n) is 4.14. The quantitative estimate of drug-likeness (QED) is 0.0623. The molecule has 0 bridgehead atoms. The van der Waals surface area contributed by atoms with Crippen LogP contribution in [-0.2, 0) is 28.2 Å². The van der Waals surface area contributed by atoms with Crippen LogP contribution in [0.2, 0.25) is 0 Å². The first kappa shape index (κ1) is 35.0. The highest BCUT2D eigenvalue weighted by Gasteiger charge is 2.17. The molecule has 0 aromatic rings. The van der Waals surface area contributed by atoms with Gasteiger partial charge in [0, 0.05) is 12.8 Å². The largest absolute Gasteiger partial charge is 0.462 e.